The summed E-state index contributed by atoms with van der Waals surface area (Å²) in [6.45, 7) is 3.22. The molecule has 1 N–H and O–H groups in total. The fourth-order valence-electron chi connectivity index (χ4n) is 1.80. The minimum absolute atomic E-state index is 0.315. The minimum atomic E-state index is 0.315. The maximum Gasteiger partial charge on any atom is 0.0436 e. The highest BCUT2D eigenvalue weighted by Crippen LogP contribution is 2.45. The molecule has 0 bridgehead atoms. The van der Waals surface area contributed by atoms with Crippen molar-refractivity contribution in [3.05, 3.63) is 34.3 Å². The summed E-state index contributed by atoms with van der Waals surface area (Å²) in [5.41, 5.74) is 1.74. The third-order valence-corrected chi connectivity index (χ3v) is 3.19. The summed E-state index contributed by atoms with van der Waals surface area (Å²) in [7, 11) is 0. The van der Waals surface area contributed by atoms with Crippen LogP contribution in [-0.2, 0) is 5.54 Å². The molecule has 1 aromatic carbocycles. The van der Waals surface area contributed by atoms with Gasteiger partial charge < -0.3 is 5.32 Å². The van der Waals surface area contributed by atoms with Crippen LogP contribution in [-0.4, -0.2) is 6.54 Å². The summed E-state index contributed by atoms with van der Waals surface area (Å²) in [5, 5.41) is 3.55. The van der Waals surface area contributed by atoms with E-state index in [1.54, 1.807) is 0 Å². The van der Waals surface area contributed by atoms with E-state index in [4.69, 9.17) is 0 Å². The molecule has 2 heteroatoms. The molecule has 0 saturated heterocycles. The molecule has 0 amide bonds. The molecule has 0 atom stereocenters. The van der Waals surface area contributed by atoms with Gasteiger partial charge in [0.1, 0.15) is 0 Å². The second-order valence-corrected chi connectivity index (χ2v) is 4.54. The molecule has 70 valence electrons. The predicted octanol–water partition coefficient (Wildman–Crippen LogP) is 3.05. The molecule has 1 fully saturated rings. The van der Waals surface area contributed by atoms with Gasteiger partial charge in [0.15, 0.2) is 0 Å². The number of rotatable bonds is 3. The molecule has 1 aliphatic rings. The quantitative estimate of drug-likeness (QED) is 0.856. The van der Waals surface area contributed by atoms with E-state index in [0.717, 1.165) is 11.0 Å². The Bertz CT molecular complexity index is 287. The SMILES string of the molecule is CCNC1(c2ccc(Br)cc2)CC1. The molecular weight excluding hydrogens is 226 g/mol. The van der Waals surface area contributed by atoms with Crippen LogP contribution in [0.5, 0.6) is 0 Å². The topological polar surface area (TPSA) is 12.0 Å². The van der Waals surface area contributed by atoms with Crippen molar-refractivity contribution in [1.82, 2.24) is 5.32 Å². The molecular formula is C11H14BrN. The molecule has 0 unspecified atom stereocenters. The molecule has 1 aliphatic carbocycles. The Morgan fingerprint density at radius 1 is 1.31 bits per heavy atom. The number of hydrogen-bond donors (Lipinski definition) is 1. The first kappa shape index (κ1) is 9.22. The average molecular weight is 240 g/mol. The van der Waals surface area contributed by atoms with Gasteiger partial charge in [-0.3, -0.25) is 0 Å². The number of hydrogen-bond acceptors (Lipinski definition) is 1. The first-order valence-electron chi connectivity index (χ1n) is 4.78. The molecule has 13 heavy (non-hydrogen) atoms. The van der Waals surface area contributed by atoms with Crippen molar-refractivity contribution in [2.45, 2.75) is 25.3 Å². The van der Waals surface area contributed by atoms with Crippen molar-refractivity contribution in [2.75, 3.05) is 6.54 Å². The van der Waals surface area contributed by atoms with E-state index in [1.807, 2.05) is 0 Å². The highest BCUT2D eigenvalue weighted by Gasteiger charge is 2.43. The monoisotopic (exact) mass is 239 g/mol. The van der Waals surface area contributed by atoms with Gasteiger partial charge in [0.25, 0.3) is 0 Å². The predicted molar refractivity (Wildman–Crippen MR) is 58.7 cm³/mol. The van der Waals surface area contributed by atoms with Crippen LogP contribution >= 0.6 is 15.9 Å². The van der Waals surface area contributed by atoms with E-state index in [2.05, 4.69) is 52.4 Å². The van der Waals surface area contributed by atoms with Gasteiger partial charge in [-0.05, 0) is 37.1 Å². The zero-order valence-electron chi connectivity index (χ0n) is 7.81. The molecule has 1 aromatic rings. The normalized spacial score (nSPS) is 18.6. The zero-order chi connectivity index (χ0) is 9.31. The molecule has 0 heterocycles. The lowest BCUT2D eigenvalue weighted by Gasteiger charge is -2.16. The van der Waals surface area contributed by atoms with Gasteiger partial charge in [-0.15, -0.1) is 0 Å². The van der Waals surface area contributed by atoms with Crippen molar-refractivity contribution >= 4 is 15.9 Å². The van der Waals surface area contributed by atoms with Crippen molar-refractivity contribution < 1.29 is 0 Å². The number of benzene rings is 1. The first-order chi connectivity index (χ1) is 6.27. The fourth-order valence-corrected chi connectivity index (χ4v) is 2.06. The van der Waals surface area contributed by atoms with Crippen LogP contribution in [0.15, 0.2) is 28.7 Å². The van der Waals surface area contributed by atoms with Crippen molar-refractivity contribution in [1.29, 1.82) is 0 Å². The number of halogens is 1. The zero-order valence-corrected chi connectivity index (χ0v) is 9.39. The summed E-state index contributed by atoms with van der Waals surface area (Å²) in [6, 6.07) is 8.65. The second-order valence-electron chi connectivity index (χ2n) is 3.62. The van der Waals surface area contributed by atoms with Gasteiger partial charge in [-0.1, -0.05) is 35.0 Å². The van der Waals surface area contributed by atoms with E-state index in [-0.39, 0.29) is 0 Å². The van der Waals surface area contributed by atoms with E-state index in [1.165, 1.54) is 18.4 Å². The van der Waals surface area contributed by atoms with Crippen LogP contribution in [0.2, 0.25) is 0 Å². The number of nitrogens with one attached hydrogen (secondary N) is 1. The Morgan fingerprint density at radius 3 is 2.38 bits per heavy atom. The Hall–Kier alpha value is -0.340. The highest BCUT2D eigenvalue weighted by atomic mass is 79.9. The fraction of sp³-hybridized carbons (Fsp3) is 0.455. The van der Waals surface area contributed by atoms with Crippen LogP contribution in [0.1, 0.15) is 25.3 Å². The molecule has 0 aromatic heterocycles. The third-order valence-electron chi connectivity index (χ3n) is 2.66. The summed E-state index contributed by atoms with van der Waals surface area (Å²) >= 11 is 3.45. The third kappa shape index (κ3) is 1.79. The lowest BCUT2D eigenvalue weighted by Crippen LogP contribution is -2.28. The van der Waals surface area contributed by atoms with Gasteiger partial charge in [0.2, 0.25) is 0 Å². The van der Waals surface area contributed by atoms with Gasteiger partial charge >= 0.3 is 0 Å². The summed E-state index contributed by atoms with van der Waals surface area (Å²) < 4.78 is 1.16. The standard InChI is InChI=1S/C11H14BrN/c1-2-13-11(7-8-11)9-3-5-10(12)6-4-9/h3-6,13H,2,7-8H2,1H3. The van der Waals surface area contributed by atoms with Crippen LogP contribution in [0.4, 0.5) is 0 Å². The van der Waals surface area contributed by atoms with E-state index < -0.39 is 0 Å². The summed E-state index contributed by atoms with van der Waals surface area (Å²) in [5.74, 6) is 0. The van der Waals surface area contributed by atoms with Crippen molar-refractivity contribution in [3.63, 3.8) is 0 Å². The Morgan fingerprint density at radius 2 is 1.92 bits per heavy atom. The van der Waals surface area contributed by atoms with Gasteiger partial charge in [0.05, 0.1) is 0 Å². The minimum Gasteiger partial charge on any atom is -0.308 e. The molecule has 0 spiro atoms. The van der Waals surface area contributed by atoms with Crippen molar-refractivity contribution in [3.8, 4) is 0 Å². The summed E-state index contributed by atoms with van der Waals surface area (Å²) in [4.78, 5) is 0. The smallest absolute Gasteiger partial charge is 0.0436 e. The van der Waals surface area contributed by atoms with Gasteiger partial charge in [-0.2, -0.15) is 0 Å². The first-order valence-corrected chi connectivity index (χ1v) is 5.57. The molecule has 2 rings (SSSR count). The van der Waals surface area contributed by atoms with Gasteiger partial charge in [-0.25, -0.2) is 0 Å². The van der Waals surface area contributed by atoms with Crippen molar-refractivity contribution in [2.24, 2.45) is 0 Å². The Balaban J connectivity index is 2.20. The largest absolute Gasteiger partial charge is 0.308 e. The van der Waals surface area contributed by atoms with Crippen LogP contribution in [0.3, 0.4) is 0 Å². The van der Waals surface area contributed by atoms with Crippen LogP contribution < -0.4 is 5.32 Å². The lowest BCUT2D eigenvalue weighted by molar-refractivity contribution is 0.539. The van der Waals surface area contributed by atoms with E-state index >= 15 is 0 Å². The maximum atomic E-state index is 3.55. The van der Waals surface area contributed by atoms with Crippen LogP contribution in [0.25, 0.3) is 0 Å². The molecule has 0 radical (unpaired) electrons. The van der Waals surface area contributed by atoms with E-state index in [9.17, 15) is 0 Å². The van der Waals surface area contributed by atoms with E-state index in [0.29, 0.717) is 5.54 Å². The van der Waals surface area contributed by atoms with Gasteiger partial charge in [0, 0.05) is 10.0 Å². The average Bonchev–Trinajstić information content (AvgIpc) is 2.87. The Labute approximate surface area is 87.7 Å². The molecule has 0 aliphatic heterocycles. The highest BCUT2D eigenvalue weighted by molar-refractivity contribution is 9.10. The lowest BCUT2D eigenvalue weighted by atomic mass is 10.1. The summed E-state index contributed by atoms with van der Waals surface area (Å²) in [6.07, 6.45) is 2.56. The Kier molecular flexibility index (Phi) is 2.43. The second kappa shape index (κ2) is 3.43. The molecule has 1 saturated carbocycles. The maximum absolute atomic E-state index is 3.55. The molecule has 1 nitrogen and oxygen atoms in total. The van der Waals surface area contributed by atoms with Crippen LogP contribution in [0, 0.1) is 0 Å².